The molecule has 1 aliphatic rings. The minimum absolute atomic E-state index is 0.131. The first-order valence-electron chi connectivity index (χ1n) is 9.47. The molecule has 2 amide bonds. The predicted octanol–water partition coefficient (Wildman–Crippen LogP) is 4.49. The molecule has 2 aromatic rings. The molecule has 1 saturated heterocycles. The first-order chi connectivity index (χ1) is 13.0. The van der Waals surface area contributed by atoms with E-state index in [0.717, 1.165) is 30.8 Å². The molecule has 1 aliphatic heterocycles. The molecule has 27 heavy (non-hydrogen) atoms. The number of nitrogens with zero attached hydrogens (tertiary/aromatic N) is 1. The molecule has 0 radical (unpaired) electrons. The monoisotopic (exact) mass is 366 g/mol. The lowest BCUT2D eigenvalue weighted by atomic mass is 10.1. The average molecular weight is 366 g/mol. The molecule has 5 heteroatoms. The zero-order chi connectivity index (χ0) is 19.2. The molecule has 0 aliphatic carbocycles. The highest BCUT2D eigenvalue weighted by atomic mass is 16.5. The van der Waals surface area contributed by atoms with Crippen LogP contribution < -0.4 is 15.0 Å². The lowest BCUT2D eigenvalue weighted by molar-refractivity contribution is -0.117. The van der Waals surface area contributed by atoms with Crippen LogP contribution in [0, 0.1) is 5.92 Å². The van der Waals surface area contributed by atoms with Gasteiger partial charge in [0.05, 0.1) is 6.61 Å². The number of nitrogens with one attached hydrogen (secondary N) is 1. The Morgan fingerprint density at radius 3 is 2.63 bits per heavy atom. The van der Waals surface area contributed by atoms with Gasteiger partial charge in [0.25, 0.3) is 5.91 Å². The van der Waals surface area contributed by atoms with E-state index in [-0.39, 0.29) is 11.8 Å². The standard InChI is InChI=1S/C22H26N2O3/c1-16(2)12-14-27-20-10-8-17(9-11-20)22(26)23-18-5-3-6-19(15-18)24-13-4-7-21(24)25/h3,5-6,8-11,15-16H,4,7,12-14H2,1-2H3,(H,23,26). The van der Waals surface area contributed by atoms with Crippen molar-refractivity contribution in [3.63, 3.8) is 0 Å². The van der Waals surface area contributed by atoms with Gasteiger partial charge in [0.2, 0.25) is 5.91 Å². The van der Waals surface area contributed by atoms with E-state index in [9.17, 15) is 9.59 Å². The maximum Gasteiger partial charge on any atom is 0.255 e. The molecule has 0 unspecified atom stereocenters. The average Bonchev–Trinajstić information content (AvgIpc) is 3.08. The lowest BCUT2D eigenvalue weighted by Crippen LogP contribution is -2.23. The van der Waals surface area contributed by atoms with Crippen molar-refractivity contribution in [1.29, 1.82) is 0 Å². The lowest BCUT2D eigenvalue weighted by Gasteiger charge is -2.16. The highest BCUT2D eigenvalue weighted by molar-refractivity contribution is 6.05. The van der Waals surface area contributed by atoms with Crippen LogP contribution in [0.15, 0.2) is 48.5 Å². The fraction of sp³-hybridized carbons (Fsp3) is 0.364. The van der Waals surface area contributed by atoms with Gasteiger partial charge in [0.15, 0.2) is 0 Å². The quantitative estimate of drug-likeness (QED) is 0.785. The van der Waals surface area contributed by atoms with Gasteiger partial charge in [-0.3, -0.25) is 9.59 Å². The predicted molar refractivity (Wildman–Crippen MR) is 107 cm³/mol. The number of hydrogen-bond donors (Lipinski definition) is 1. The van der Waals surface area contributed by atoms with E-state index in [1.54, 1.807) is 17.0 Å². The summed E-state index contributed by atoms with van der Waals surface area (Å²) in [7, 11) is 0. The first kappa shape index (κ1) is 19.0. The molecular weight excluding hydrogens is 340 g/mol. The molecule has 5 nitrogen and oxygen atoms in total. The minimum Gasteiger partial charge on any atom is -0.494 e. The number of ether oxygens (including phenoxy) is 1. The van der Waals surface area contributed by atoms with Crippen LogP contribution in [0.3, 0.4) is 0 Å². The summed E-state index contributed by atoms with van der Waals surface area (Å²) in [6.07, 6.45) is 2.46. The van der Waals surface area contributed by atoms with E-state index >= 15 is 0 Å². The molecule has 0 atom stereocenters. The topological polar surface area (TPSA) is 58.6 Å². The third kappa shape index (κ3) is 5.09. The van der Waals surface area contributed by atoms with Gasteiger partial charge in [0.1, 0.15) is 5.75 Å². The molecular formula is C22H26N2O3. The van der Waals surface area contributed by atoms with Gasteiger partial charge in [-0.1, -0.05) is 19.9 Å². The van der Waals surface area contributed by atoms with Crippen LogP contribution in [0.25, 0.3) is 0 Å². The number of hydrogen-bond acceptors (Lipinski definition) is 3. The van der Waals surface area contributed by atoms with E-state index in [1.807, 2.05) is 36.4 Å². The summed E-state index contributed by atoms with van der Waals surface area (Å²) in [5, 5.41) is 2.90. The summed E-state index contributed by atoms with van der Waals surface area (Å²) >= 11 is 0. The largest absolute Gasteiger partial charge is 0.494 e. The maximum absolute atomic E-state index is 12.5. The second kappa shape index (κ2) is 8.71. The zero-order valence-corrected chi connectivity index (χ0v) is 15.9. The Labute approximate surface area is 160 Å². The fourth-order valence-corrected chi connectivity index (χ4v) is 2.99. The molecule has 1 fully saturated rings. The van der Waals surface area contributed by atoms with Gasteiger partial charge in [-0.25, -0.2) is 0 Å². The SMILES string of the molecule is CC(C)CCOc1ccc(C(=O)Nc2cccc(N3CCCC3=O)c2)cc1. The van der Waals surface area contributed by atoms with Crippen molar-refractivity contribution >= 4 is 23.2 Å². The summed E-state index contributed by atoms with van der Waals surface area (Å²) in [6.45, 7) is 5.72. The van der Waals surface area contributed by atoms with Crippen molar-refractivity contribution in [1.82, 2.24) is 0 Å². The number of carbonyl (C=O) groups is 2. The van der Waals surface area contributed by atoms with Crippen molar-refractivity contribution in [2.75, 3.05) is 23.4 Å². The maximum atomic E-state index is 12.5. The van der Waals surface area contributed by atoms with E-state index in [1.165, 1.54) is 0 Å². The van der Waals surface area contributed by atoms with Gasteiger partial charge < -0.3 is 15.0 Å². The molecule has 0 saturated carbocycles. The number of rotatable bonds is 7. The third-order valence-corrected chi connectivity index (χ3v) is 4.57. The Morgan fingerprint density at radius 2 is 1.96 bits per heavy atom. The smallest absolute Gasteiger partial charge is 0.255 e. The summed E-state index contributed by atoms with van der Waals surface area (Å²) in [5.41, 5.74) is 2.06. The van der Waals surface area contributed by atoms with E-state index in [4.69, 9.17) is 4.74 Å². The second-order valence-corrected chi connectivity index (χ2v) is 7.21. The Balaban J connectivity index is 1.61. The summed E-state index contributed by atoms with van der Waals surface area (Å²) < 4.78 is 5.68. The summed E-state index contributed by atoms with van der Waals surface area (Å²) in [6, 6.07) is 14.5. The summed E-state index contributed by atoms with van der Waals surface area (Å²) in [5.74, 6) is 1.31. The van der Waals surface area contributed by atoms with Crippen molar-refractivity contribution < 1.29 is 14.3 Å². The van der Waals surface area contributed by atoms with E-state index in [0.29, 0.717) is 30.2 Å². The first-order valence-corrected chi connectivity index (χ1v) is 9.47. The van der Waals surface area contributed by atoms with Crippen LogP contribution in [-0.4, -0.2) is 25.0 Å². The van der Waals surface area contributed by atoms with Crippen molar-refractivity contribution in [2.24, 2.45) is 5.92 Å². The molecule has 0 bridgehead atoms. The minimum atomic E-state index is -0.186. The highest BCUT2D eigenvalue weighted by Gasteiger charge is 2.21. The fourth-order valence-electron chi connectivity index (χ4n) is 2.99. The molecule has 142 valence electrons. The van der Waals surface area contributed by atoms with Gasteiger partial charge >= 0.3 is 0 Å². The van der Waals surface area contributed by atoms with Crippen LogP contribution in [0.2, 0.25) is 0 Å². The van der Waals surface area contributed by atoms with Gasteiger partial charge in [-0.2, -0.15) is 0 Å². The van der Waals surface area contributed by atoms with E-state index < -0.39 is 0 Å². The van der Waals surface area contributed by atoms with Crippen LogP contribution in [0.1, 0.15) is 43.5 Å². The molecule has 1 N–H and O–H groups in total. The van der Waals surface area contributed by atoms with Gasteiger partial charge in [-0.05, 0) is 61.2 Å². The van der Waals surface area contributed by atoms with Crippen LogP contribution >= 0.6 is 0 Å². The summed E-state index contributed by atoms with van der Waals surface area (Å²) in [4.78, 5) is 26.2. The van der Waals surface area contributed by atoms with Crippen LogP contribution in [0.4, 0.5) is 11.4 Å². The molecule has 0 aromatic heterocycles. The number of benzene rings is 2. The Kier molecular flexibility index (Phi) is 6.12. The van der Waals surface area contributed by atoms with Gasteiger partial charge in [-0.15, -0.1) is 0 Å². The van der Waals surface area contributed by atoms with Crippen molar-refractivity contribution in [2.45, 2.75) is 33.1 Å². The molecule has 2 aromatic carbocycles. The Bertz CT molecular complexity index is 799. The molecule has 0 spiro atoms. The Morgan fingerprint density at radius 1 is 1.19 bits per heavy atom. The third-order valence-electron chi connectivity index (χ3n) is 4.57. The zero-order valence-electron chi connectivity index (χ0n) is 15.9. The van der Waals surface area contributed by atoms with Crippen molar-refractivity contribution in [3.8, 4) is 5.75 Å². The van der Waals surface area contributed by atoms with Crippen molar-refractivity contribution in [3.05, 3.63) is 54.1 Å². The number of carbonyl (C=O) groups excluding carboxylic acids is 2. The highest BCUT2D eigenvalue weighted by Crippen LogP contribution is 2.24. The van der Waals surface area contributed by atoms with Crippen LogP contribution in [0.5, 0.6) is 5.75 Å². The Hall–Kier alpha value is -2.82. The molecule has 3 rings (SSSR count). The second-order valence-electron chi connectivity index (χ2n) is 7.21. The number of amides is 2. The van der Waals surface area contributed by atoms with Crippen LogP contribution in [-0.2, 0) is 4.79 Å². The normalized spacial score (nSPS) is 13.9. The molecule has 1 heterocycles. The van der Waals surface area contributed by atoms with Gasteiger partial charge in [0, 0.05) is 29.9 Å². The number of anilines is 2. The van der Waals surface area contributed by atoms with E-state index in [2.05, 4.69) is 19.2 Å².